The zero-order valence-corrected chi connectivity index (χ0v) is 44.1. The van der Waals surface area contributed by atoms with Crippen molar-refractivity contribution < 1.29 is 33.1 Å². The van der Waals surface area contributed by atoms with Crippen molar-refractivity contribution in [3.63, 3.8) is 0 Å². The molecule has 10 aromatic rings. The van der Waals surface area contributed by atoms with Crippen molar-refractivity contribution in [2.24, 2.45) is 0 Å². The summed E-state index contributed by atoms with van der Waals surface area (Å²) >= 11 is 0. The molecule has 0 aliphatic carbocycles. The van der Waals surface area contributed by atoms with Crippen molar-refractivity contribution in [1.82, 2.24) is 19.5 Å². The first kappa shape index (κ1) is 43.9. The number of hydrogen-bond donors (Lipinski definition) is 0. The molecule has 0 N–H and O–H groups in total. The van der Waals surface area contributed by atoms with Gasteiger partial charge in [-0.3, -0.25) is 4.98 Å². The Bertz CT molecular complexity index is 3500. The topological polar surface area (TPSA) is 69.9 Å². The average Bonchev–Trinajstić information content (AvgIpc) is 4.01. The molecule has 345 valence electrons. The number of benzene rings is 5. The minimum atomic E-state index is -2.35. The molecule has 8 heteroatoms. The van der Waals surface area contributed by atoms with Gasteiger partial charge < -0.3 is 18.4 Å². The Morgan fingerprint density at radius 1 is 0.701 bits per heavy atom. The van der Waals surface area contributed by atoms with Crippen LogP contribution in [0.15, 0.2) is 124 Å². The Kier molecular flexibility index (Phi) is 12.1. The molecule has 0 saturated heterocycles. The van der Waals surface area contributed by atoms with Crippen molar-refractivity contribution in [2.45, 2.75) is 118 Å². The minimum absolute atomic E-state index is 0. The van der Waals surface area contributed by atoms with Gasteiger partial charge in [-0.1, -0.05) is 135 Å². The molecule has 0 unspecified atom stereocenters. The fraction of sp³-hybridized carbons (Fsp3) is 0.305. The molecule has 0 fully saturated rings. The Morgan fingerprint density at radius 3 is 2.12 bits per heavy atom. The molecule has 5 aromatic carbocycles. The summed E-state index contributed by atoms with van der Waals surface area (Å²) in [5.41, 5.74) is 13.1. The predicted molar refractivity (Wildman–Crippen MR) is 279 cm³/mol. The summed E-state index contributed by atoms with van der Waals surface area (Å²) in [5, 5.41) is 5.36. The molecule has 0 aliphatic heterocycles. The van der Waals surface area contributed by atoms with E-state index in [0.29, 0.717) is 28.1 Å². The van der Waals surface area contributed by atoms with Crippen molar-refractivity contribution in [3.8, 4) is 28.3 Å². The van der Waals surface area contributed by atoms with Crippen LogP contribution in [0.4, 0.5) is 0 Å². The van der Waals surface area contributed by atoms with Crippen molar-refractivity contribution in [1.29, 1.82) is 0 Å². The van der Waals surface area contributed by atoms with Gasteiger partial charge in [-0.05, 0) is 88.4 Å². The van der Waals surface area contributed by atoms with Crippen LogP contribution < -0.4 is 5.19 Å². The van der Waals surface area contributed by atoms with Gasteiger partial charge in [0.1, 0.15) is 11.2 Å². The van der Waals surface area contributed by atoms with Gasteiger partial charge >= 0.3 is 0 Å². The quantitative estimate of drug-likeness (QED) is 0.112. The summed E-state index contributed by atoms with van der Waals surface area (Å²) in [6.07, 6.45) is 1.95. The second-order valence-electron chi connectivity index (χ2n) is 20.3. The van der Waals surface area contributed by atoms with E-state index < -0.39 is 14.9 Å². The molecule has 67 heavy (non-hydrogen) atoms. The van der Waals surface area contributed by atoms with Crippen molar-refractivity contribution in [3.05, 3.63) is 150 Å². The molecule has 5 heterocycles. The maximum absolute atomic E-state index is 7.92. The van der Waals surface area contributed by atoms with Crippen LogP contribution >= 0.6 is 0 Å². The SMILES string of the molecule is CC(C)(C)c1ccc(-c2[c-]cccc2)nc1.[2H]C([2H])([2H])c1ccc2c(n1)oc1c(-c3nc4ccccc4n3-c3c(C(C)C)cc4c(oc5ccc([Si](C)(C(C)C)C(C)C)cc54)c3C(C)C)[c-]ccc12.[Ir]. The Hall–Kier alpha value is -5.66. The number of aryl methyl sites for hydroxylation is 1. The Balaban J connectivity index is 0.000000329. The van der Waals surface area contributed by atoms with Crippen LogP contribution in [0.3, 0.4) is 0 Å². The number of rotatable bonds is 8. The van der Waals surface area contributed by atoms with Crippen LogP contribution in [0.5, 0.6) is 0 Å². The number of para-hydroxylation sites is 2. The van der Waals surface area contributed by atoms with E-state index in [9.17, 15) is 0 Å². The van der Waals surface area contributed by atoms with E-state index in [1.54, 1.807) is 12.1 Å². The molecule has 6 nitrogen and oxygen atoms in total. The first-order valence-electron chi connectivity index (χ1n) is 24.9. The van der Waals surface area contributed by atoms with E-state index in [1.807, 2.05) is 60.8 Å². The van der Waals surface area contributed by atoms with Crippen molar-refractivity contribution >= 4 is 68.3 Å². The van der Waals surface area contributed by atoms with Crippen LogP contribution in [0.2, 0.25) is 17.6 Å². The van der Waals surface area contributed by atoms with Gasteiger partial charge in [0, 0.05) is 63.5 Å². The Labute approximate surface area is 414 Å². The fourth-order valence-corrected chi connectivity index (χ4v) is 13.2. The molecule has 0 spiro atoms. The largest absolute Gasteiger partial charge is 0.486 e. The molecule has 0 aliphatic rings. The second kappa shape index (κ2) is 18.4. The monoisotopic (exact) mass is 1080 g/mol. The smallest absolute Gasteiger partial charge is 0.216 e. The summed E-state index contributed by atoms with van der Waals surface area (Å²) in [4.78, 5) is 14.2. The van der Waals surface area contributed by atoms with Gasteiger partial charge in [0.25, 0.3) is 0 Å². The number of hydrogen-bond acceptors (Lipinski definition) is 5. The van der Waals surface area contributed by atoms with Gasteiger partial charge in [0.2, 0.25) is 5.71 Å². The van der Waals surface area contributed by atoms with Crippen LogP contribution in [0, 0.1) is 19.0 Å². The van der Waals surface area contributed by atoms with Crippen LogP contribution in [0.1, 0.15) is 114 Å². The van der Waals surface area contributed by atoms with E-state index in [0.717, 1.165) is 60.9 Å². The van der Waals surface area contributed by atoms with Gasteiger partial charge in [-0.2, -0.15) is 0 Å². The molecule has 10 rings (SSSR count). The summed E-state index contributed by atoms with van der Waals surface area (Å²) in [6.45, 7) is 25.3. The van der Waals surface area contributed by atoms with Crippen LogP contribution in [-0.4, -0.2) is 27.6 Å². The summed E-state index contributed by atoms with van der Waals surface area (Å²) in [6, 6.07) is 43.4. The fourth-order valence-electron chi connectivity index (χ4n) is 9.60. The zero-order chi connectivity index (χ0) is 49.3. The van der Waals surface area contributed by atoms with Crippen LogP contribution in [-0.2, 0) is 25.5 Å². The third-order valence-electron chi connectivity index (χ3n) is 13.9. The van der Waals surface area contributed by atoms with Gasteiger partial charge in [0.05, 0.1) is 30.5 Å². The maximum Gasteiger partial charge on any atom is 0.216 e. The van der Waals surface area contributed by atoms with Gasteiger partial charge in [-0.25, -0.2) is 4.98 Å². The van der Waals surface area contributed by atoms with E-state index in [1.165, 1.54) is 21.7 Å². The molecular weight excluding hydrogens is 1020 g/mol. The molecular formula is C59H62IrN4O2Si-2. The predicted octanol–water partition coefficient (Wildman–Crippen LogP) is 16.2. The zero-order valence-electron chi connectivity index (χ0n) is 43.7. The van der Waals surface area contributed by atoms with E-state index >= 15 is 0 Å². The molecule has 5 aromatic heterocycles. The number of aromatic nitrogens is 4. The van der Waals surface area contributed by atoms with Gasteiger partial charge in [0.15, 0.2) is 0 Å². The molecule has 0 bridgehead atoms. The number of furan rings is 2. The first-order chi connectivity index (χ1) is 32.7. The number of pyridine rings is 2. The number of imidazole rings is 1. The minimum Gasteiger partial charge on any atom is -0.486 e. The molecule has 0 atom stereocenters. The standard InChI is InChI=1S/C44H46N3O2Si.C15H16N.Ir/c1-24(2)33-23-35-34-22-29(50(10,26(5)6)27(7)8)19-21-38(34)48-42(35)39(25(3)4)40(33)47-37-17-12-11-16-36(37)46-43(47)32-15-13-14-30-31-20-18-28(9)45-44(31)49-41(30)32;1-15(2,3)13-9-10-14(16-11-13)12-7-5-4-6-8-12;/h11-14,16-27H,1-10H3;4-7,9-11H,1-3H3;/q2*-1;/i9D3;;. The van der Waals surface area contributed by atoms with Crippen LogP contribution in [0.25, 0.3) is 83.4 Å². The normalized spacial score (nSPS) is 13.2. The summed E-state index contributed by atoms with van der Waals surface area (Å²) in [7, 11) is -1.81. The third kappa shape index (κ3) is 8.51. The first-order valence-corrected chi connectivity index (χ1v) is 26.0. The number of fused-ring (bicyclic) bond motifs is 7. The number of nitrogens with zero attached hydrogens (tertiary/aromatic N) is 4. The van der Waals surface area contributed by atoms with Crippen molar-refractivity contribution in [2.75, 3.05) is 0 Å². The Morgan fingerprint density at radius 2 is 1.46 bits per heavy atom. The third-order valence-corrected chi connectivity index (χ3v) is 20.3. The van der Waals surface area contributed by atoms with E-state index in [2.05, 4.69) is 152 Å². The molecule has 0 amide bonds. The maximum atomic E-state index is 7.92. The summed E-state index contributed by atoms with van der Waals surface area (Å²) in [5.74, 6) is 0.970. The van der Waals surface area contributed by atoms with Gasteiger partial charge in [-0.15, -0.1) is 54.1 Å². The molecule has 1 radical (unpaired) electrons. The summed E-state index contributed by atoms with van der Waals surface area (Å²) < 4.78 is 39.4. The second-order valence-corrected chi connectivity index (χ2v) is 25.7. The molecule has 0 saturated carbocycles. The van der Waals surface area contributed by atoms with E-state index in [4.69, 9.17) is 17.9 Å². The van der Waals surface area contributed by atoms with E-state index in [-0.39, 0.29) is 48.8 Å². The average molecular weight is 1080 g/mol.